The van der Waals surface area contributed by atoms with Gasteiger partial charge in [0.15, 0.2) is 6.04 Å². The highest BCUT2D eigenvalue weighted by Crippen LogP contribution is 2.29. The van der Waals surface area contributed by atoms with Gasteiger partial charge >= 0.3 is 5.97 Å². The number of thioether (sulfide) groups is 1. The monoisotopic (exact) mass is 437 g/mol. The van der Waals surface area contributed by atoms with Crippen molar-refractivity contribution in [2.45, 2.75) is 30.5 Å². The normalized spacial score (nSPS) is 11.9. The van der Waals surface area contributed by atoms with Crippen LogP contribution in [0.4, 0.5) is 5.69 Å². The number of nitrogens with zero attached hydrogens (tertiary/aromatic N) is 2. The number of hydrogen-bond acceptors (Lipinski definition) is 7. The zero-order valence-electron chi connectivity index (χ0n) is 16.3. The fourth-order valence-corrected chi connectivity index (χ4v) is 3.78. The van der Waals surface area contributed by atoms with Crippen molar-refractivity contribution in [2.24, 2.45) is 5.92 Å². The Morgan fingerprint density at radius 3 is 2.55 bits per heavy atom. The van der Waals surface area contributed by atoms with Crippen LogP contribution in [0.15, 0.2) is 40.1 Å². The predicted octanol–water partition coefficient (Wildman–Crippen LogP) is 3.12. The third-order valence-electron chi connectivity index (χ3n) is 3.64. The van der Waals surface area contributed by atoms with Crippen molar-refractivity contribution in [3.8, 4) is 0 Å². The predicted molar refractivity (Wildman–Crippen MR) is 112 cm³/mol. The second-order valence-electron chi connectivity index (χ2n) is 6.46. The first-order valence-electron chi connectivity index (χ1n) is 8.84. The Bertz CT molecular complexity index is 841. The summed E-state index contributed by atoms with van der Waals surface area (Å²) in [5.74, 6) is -2.39. The number of carbonyl (C=O) groups is 3. The van der Waals surface area contributed by atoms with Gasteiger partial charge in [-0.3, -0.25) is 14.4 Å². The van der Waals surface area contributed by atoms with Crippen LogP contribution in [0.25, 0.3) is 0 Å². The fourth-order valence-electron chi connectivity index (χ4n) is 2.33. The third kappa shape index (κ3) is 6.55. The average molecular weight is 438 g/mol. The van der Waals surface area contributed by atoms with E-state index in [0.29, 0.717) is 9.90 Å². The number of carbonyl (C=O) groups excluding carboxylic acids is 2. The van der Waals surface area contributed by atoms with Crippen molar-refractivity contribution in [1.29, 1.82) is 0 Å². The van der Waals surface area contributed by atoms with Crippen LogP contribution in [0.1, 0.15) is 32.0 Å². The number of thiazole rings is 1. The standard InChI is InChI=1S/C19H23N3O5S2/c1-12(2)10-27-22(13-7-5-4-6-8-13)15(24)9-14(23)21-16(18(25)26)17-19(28-3)29-11-20-17/h4-8,11-12,16H,9-10H2,1-3H3,(H,21,23)(H,25,26). The van der Waals surface area contributed by atoms with E-state index in [1.807, 2.05) is 13.8 Å². The first kappa shape index (κ1) is 22.9. The van der Waals surface area contributed by atoms with Crippen LogP contribution in [0.5, 0.6) is 0 Å². The molecular weight excluding hydrogens is 414 g/mol. The summed E-state index contributed by atoms with van der Waals surface area (Å²) in [5, 5.41) is 13.0. The maximum Gasteiger partial charge on any atom is 0.332 e. The van der Waals surface area contributed by atoms with E-state index in [1.54, 1.807) is 36.6 Å². The number of rotatable bonds is 10. The second kappa shape index (κ2) is 10.9. The molecule has 0 bridgehead atoms. The Kier molecular flexibility index (Phi) is 8.62. The summed E-state index contributed by atoms with van der Waals surface area (Å²) in [7, 11) is 0. The largest absolute Gasteiger partial charge is 0.479 e. The lowest BCUT2D eigenvalue weighted by Crippen LogP contribution is -2.39. The minimum atomic E-state index is -1.33. The summed E-state index contributed by atoms with van der Waals surface area (Å²) in [6.45, 7) is 4.17. The van der Waals surface area contributed by atoms with Crippen LogP contribution in [0.2, 0.25) is 0 Å². The zero-order valence-corrected chi connectivity index (χ0v) is 18.0. The van der Waals surface area contributed by atoms with Gasteiger partial charge in [0, 0.05) is 0 Å². The molecule has 1 unspecified atom stereocenters. The lowest BCUT2D eigenvalue weighted by molar-refractivity contribution is -0.143. The maximum absolute atomic E-state index is 12.7. The molecule has 0 saturated heterocycles. The molecule has 1 heterocycles. The van der Waals surface area contributed by atoms with Crippen LogP contribution in [0.3, 0.4) is 0 Å². The molecule has 0 aliphatic carbocycles. The number of anilines is 1. The molecule has 0 fully saturated rings. The van der Waals surface area contributed by atoms with Crippen LogP contribution < -0.4 is 10.4 Å². The van der Waals surface area contributed by atoms with E-state index >= 15 is 0 Å². The Morgan fingerprint density at radius 2 is 1.97 bits per heavy atom. The minimum absolute atomic E-state index is 0.175. The first-order valence-corrected chi connectivity index (χ1v) is 10.9. The van der Waals surface area contributed by atoms with E-state index in [-0.39, 0.29) is 18.2 Å². The molecule has 0 aliphatic rings. The van der Waals surface area contributed by atoms with Gasteiger partial charge in [0.1, 0.15) is 6.42 Å². The molecule has 2 rings (SSSR count). The van der Waals surface area contributed by atoms with Crippen molar-refractivity contribution in [1.82, 2.24) is 10.3 Å². The number of para-hydroxylation sites is 1. The van der Waals surface area contributed by atoms with Gasteiger partial charge < -0.3 is 10.4 Å². The summed E-state index contributed by atoms with van der Waals surface area (Å²) in [4.78, 5) is 46.4. The maximum atomic E-state index is 12.7. The van der Waals surface area contributed by atoms with Gasteiger partial charge in [0.05, 0.1) is 27.7 Å². The van der Waals surface area contributed by atoms with E-state index < -0.39 is 30.2 Å². The van der Waals surface area contributed by atoms with E-state index in [0.717, 1.165) is 5.06 Å². The van der Waals surface area contributed by atoms with Crippen LogP contribution in [0, 0.1) is 5.92 Å². The van der Waals surface area contributed by atoms with Crippen LogP contribution in [-0.4, -0.2) is 40.7 Å². The summed E-state index contributed by atoms with van der Waals surface area (Å²) in [5.41, 5.74) is 2.27. The fraction of sp³-hybridized carbons (Fsp3) is 0.368. The summed E-state index contributed by atoms with van der Waals surface area (Å²) in [6, 6.07) is 7.36. The highest BCUT2D eigenvalue weighted by Gasteiger charge is 2.29. The molecule has 0 spiro atoms. The molecule has 1 aromatic carbocycles. The van der Waals surface area contributed by atoms with Gasteiger partial charge in [0.25, 0.3) is 5.91 Å². The molecule has 1 aromatic heterocycles. The van der Waals surface area contributed by atoms with Crippen molar-refractivity contribution >= 4 is 46.6 Å². The number of benzene rings is 1. The highest BCUT2D eigenvalue weighted by atomic mass is 32.2. The van der Waals surface area contributed by atoms with Gasteiger partial charge in [-0.1, -0.05) is 32.0 Å². The van der Waals surface area contributed by atoms with Crippen LogP contribution in [-0.2, 0) is 19.2 Å². The molecule has 1 atom stereocenters. The molecule has 10 heteroatoms. The molecule has 0 saturated carbocycles. The van der Waals surface area contributed by atoms with Gasteiger partial charge in [-0.2, -0.15) is 5.06 Å². The minimum Gasteiger partial charge on any atom is -0.479 e. The molecule has 29 heavy (non-hydrogen) atoms. The first-order chi connectivity index (χ1) is 13.8. The molecule has 0 radical (unpaired) electrons. The quantitative estimate of drug-likeness (QED) is 0.334. The molecule has 0 aliphatic heterocycles. The smallest absolute Gasteiger partial charge is 0.332 e. The number of hydroxylamine groups is 1. The van der Waals surface area contributed by atoms with E-state index in [2.05, 4.69) is 10.3 Å². The van der Waals surface area contributed by atoms with E-state index in [4.69, 9.17) is 4.84 Å². The van der Waals surface area contributed by atoms with Gasteiger partial charge in [-0.25, -0.2) is 9.78 Å². The number of nitrogens with one attached hydrogen (secondary N) is 1. The molecule has 8 nitrogen and oxygen atoms in total. The number of hydrogen-bond donors (Lipinski definition) is 2. The zero-order chi connectivity index (χ0) is 21.4. The third-order valence-corrected chi connectivity index (χ3v) is 5.64. The van der Waals surface area contributed by atoms with Gasteiger partial charge in [-0.15, -0.1) is 23.1 Å². The number of carboxylic acids is 1. The number of carboxylic acid groups (broad SMARTS) is 1. The Balaban J connectivity index is 2.11. The Morgan fingerprint density at radius 1 is 1.28 bits per heavy atom. The second-order valence-corrected chi connectivity index (χ2v) is 8.39. The van der Waals surface area contributed by atoms with Crippen molar-refractivity contribution < 1.29 is 24.3 Å². The van der Waals surface area contributed by atoms with E-state index in [1.165, 1.54) is 28.6 Å². The Labute approximate surface area is 177 Å². The average Bonchev–Trinajstić information content (AvgIpc) is 3.15. The van der Waals surface area contributed by atoms with Gasteiger partial charge in [-0.05, 0) is 24.3 Å². The van der Waals surface area contributed by atoms with Crippen LogP contribution >= 0.6 is 23.1 Å². The topological polar surface area (TPSA) is 109 Å². The van der Waals surface area contributed by atoms with Crippen molar-refractivity contribution in [3.05, 3.63) is 41.5 Å². The molecule has 2 aromatic rings. The van der Waals surface area contributed by atoms with Gasteiger partial charge in [0.2, 0.25) is 5.91 Å². The lowest BCUT2D eigenvalue weighted by atomic mass is 10.2. The number of aromatic nitrogens is 1. The number of aliphatic carboxylic acids is 1. The summed E-state index contributed by atoms with van der Waals surface area (Å²) >= 11 is 2.64. The molecular formula is C19H23N3O5S2. The summed E-state index contributed by atoms with van der Waals surface area (Å²) in [6.07, 6.45) is 1.24. The highest BCUT2D eigenvalue weighted by molar-refractivity contribution is 8.00. The van der Waals surface area contributed by atoms with Crippen molar-refractivity contribution in [2.75, 3.05) is 17.9 Å². The van der Waals surface area contributed by atoms with Crippen molar-refractivity contribution in [3.63, 3.8) is 0 Å². The molecule has 156 valence electrons. The molecule has 2 amide bonds. The number of amides is 2. The summed E-state index contributed by atoms with van der Waals surface area (Å²) < 4.78 is 0.690. The molecule has 2 N–H and O–H groups in total. The lowest BCUT2D eigenvalue weighted by Gasteiger charge is -2.23. The Hall–Kier alpha value is -2.43. The van der Waals surface area contributed by atoms with E-state index in [9.17, 15) is 19.5 Å². The SMILES string of the molecule is CSc1scnc1C(NC(=O)CC(=O)N(OCC(C)C)c1ccccc1)C(=O)O.